The molecule has 116 valence electrons. The molecule has 1 N–H and O–H groups in total. The summed E-state index contributed by atoms with van der Waals surface area (Å²) in [5.41, 5.74) is 0.785. The Hall–Kier alpha value is 0.1000. The van der Waals surface area contributed by atoms with Crippen molar-refractivity contribution in [2.75, 3.05) is 13.1 Å². The molecule has 2 aliphatic carbocycles. The normalized spacial score (nSPS) is 32.9. The molecule has 2 heterocycles. The van der Waals surface area contributed by atoms with Crippen LogP contribution >= 0.6 is 27.3 Å². The average Bonchev–Trinajstić information content (AvgIpc) is 3.11. The summed E-state index contributed by atoms with van der Waals surface area (Å²) in [4.78, 5) is 4.33. The Bertz CT molecular complexity index is 519. The molecule has 0 aromatic carbocycles. The van der Waals surface area contributed by atoms with Crippen molar-refractivity contribution in [2.45, 2.75) is 63.1 Å². The number of rotatable bonds is 3. The van der Waals surface area contributed by atoms with Gasteiger partial charge in [0.05, 0.1) is 3.79 Å². The topological polar surface area (TPSA) is 15.3 Å². The highest BCUT2D eigenvalue weighted by atomic mass is 79.9. The van der Waals surface area contributed by atoms with Gasteiger partial charge < -0.3 is 5.32 Å². The highest BCUT2D eigenvalue weighted by molar-refractivity contribution is 9.11. The van der Waals surface area contributed by atoms with Gasteiger partial charge in [-0.05, 0) is 66.6 Å². The number of piperazine rings is 1. The van der Waals surface area contributed by atoms with Crippen molar-refractivity contribution in [3.05, 3.63) is 20.8 Å². The van der Waals surface area contributed by atoms with Crippen molar-refractivity contribution in [1.29, 1.82) is 0 Å². The smallest absolute Gasteiger partial charge is 0.0701 e. The van der Waals surface area contributed by atoms with Crippen LogP contribution in [0.4, 0.5) is 0 Å². The van der Waals surface area contributed by atoms with Crippen LogP contribution in [0.1, 0.15) is 50.3 Å². The zero-order valence-corrected chi connectivity index (χ0v) is 15.2. The van der Waals surface area contributed by atoms with Crippen LogP contribution in [0.2, 0.25) is 0 Å². The van der Waals surface area contributed by atoms with E-state index in [4.69, 9.17) is 0 Å². The fourth-order valence-electron chi connectivity index (χ4n) is 4.44. The predicted octanol–water partition coefficient (Wildman–Crippen LogP) is 4.40. The van der Waals surface area contributed by atoms with Crippen molar-refractivity contribution in [1.82, 2.24) is 10.2 Å². The molecule has 1 aromatic rings. The van der Waals surface area contributed by atoms with Crippen LogP contribution in [0.3, 0.4) is 0 Å². The van der Waals surface area contributed by atoms with E-state index in [0.29, 0.717) is 11.1 Å². The van der Waals surface area contributed by atoms with Crippen molar-refractivity contribution < 1.29 is 0 Å². The van der Waals surface area contributed by atoms with E-state index in [1.54, 1.807) is 0 Å². The van der Waals surface area contributed by atoms with E-state index in [9.17, 15) is 0 Å². The van der Waals surface area contributed by atoms with Crippen LogP contribution in [-0.4, -0.2) is 29.1 Å². The molecular weight excluding hydrogens is 344 g/mol. The van der Waals surface area contributed by atoms with E-state index in [2.05, 4.69) is 45.2 Å². The number of hydrogen-bond acceptors (Lipinski definition) is 3. The number of nitrogens with one attached hydrogen (secondary N) is 1. The van der Waals surface area contributed by atoms with Gasteiger partial charge in [-0.25, -0.2) is 0 Å². The van der Waals surface area contributed by atoms with Gasteiger partial charge >= 0.3 is 0 Å². The molecule has 21 heavy (non-hydrogen) atoms. The van der Waals surface area contributed by atoms with Crippen molar-refractivity contribution in [3.63, 3.8) is 0 Å². The zero-order chi connectivity index (χ0) is 14.5. The Balaban J connectivity index is 1.57. The summed E-state index contributed by atoms with van der Waals surface area (Å²) in [7, 11) is 0. The van der Waals surface area contributed by atoms with Gasteiger partial charge in [-0.15, -0.1) is 11.3 Å². The summed E-state index contributed by atoms with van der Waals surface area (Å²) >= 11 is 5.51. The summed E-state index contributed by atoms with van der Waals surface area (Å²) in [6.07, 6.45) is 8.42. The van der Waals surface area contributed by atoms with Gasteiger partial charge in [0, 0.05) is 35.6 Å². The molecule has 4 rings (SSSR count). The maximum absolute atomic E-state index is 3.98. The van der Waals surface area contributed by atoms with Gasteiger partial charge in [-0.2, -0.15) is 0 Å². The molecular formula is C17H25BrN2S. The van der Waals surface area contributed by atoms with Gasteiger partial charge in [0.15, 0.2) is 0 Å². The van der Waals surface area contributed by atoms with E-state index in [1.165, 1.54) is 60.3 Å². The fraction of sp³-hybridized carbons (Fsp3) is 0.765. The first-order valence-electron chi connectivity index (χ1n) is 8.34. The molecule has 2 nitrogen and oxygen atoms in total. The lowest BCUT2D eigenvalue weighted by Crippen LogP contribution is -2.68. The molecule has 4 heteroatoms. The van der Waals surface area contributed by atoms with Crippen molar-refractivity contribution in [2.24, 2.45) is 5.92 Å². The third-order valence-corrected chi connectivity index (χ3v) is 7.64. The summed E-state index contributed by atoms with van der Waals surface area (Å²) in [5, 5.41) is 3.98. The highest BCUT2D eigenvalue weighted by Gasteiger charge is 2.52. The second-order valence-electron chi connectivity index (χ2n) is 7.53. The molecule has 1 aromatic heterocycles. The van der Waals surface area contributed by atoms with E-state index in [1.807, 2.05) is 11.3 Å². The Labute approximate surface area is 140 Å². The van der Waals surface area contributed by atoms with Gasteiger partial charge in [0.2, 0.25) is 0 Å². The first-order valence-corrected chi connectivity index (χ1v) is 9.95. The van der Waals surface area contributed by atoms with E-state index in [0.717, 1.165) is 12.5 Å². The van der Waals surface area contributed by atoms with Gasteiger partial charge in [-0.1, -0.05) is 12.8 Å². The summed E-state index contributed by atoms with van der Waals surface area (Å²) in [6, 6.07) is 4.49. The largest absolute Gasteiger partial charge is 0.308 e. The Kier molecular flexibility index (Phi) is 3.72. The monoisotopic (exact) mass is 368 g/mol. The molecule has 1 saturated heterocycles. The number of hydrogen-bond donors (Lipinski definition) is 1. The summed E-state index contributed by atoms with van der Waals surface area (Å²) < 4.78 is 1.26. The SMILES string of the molecule is CC1(C2CC2)CNC2(CCCC2)CN1Cc1ccc(Br)s1. The molecule has 1 unspecified atom stereocenters. The van der Waals surface area contributed by atoms with Gasteiger partial charge in [0.1, 0.15) is 0 Å². The minimum atomic E-state index is 0.365. The Morgan fingerprint density at radius 2 is 2.10 bits per heavy atom. The molecule has 0 amide bonds. The van der Waals surface area contributed by atoms with Crippen LogP contribution in [0, 0.1) is 5.92 Å². The average molecular weight is 369 g/mol. The molecule has 2 saturated carbocycles. The first-order chi connectivity index (χ1) is 10.1. The highest BCUT2D eigenvalue weighted by Crippen LogP contribution is 2.47. The third-order valence-electron chi connectivity index (χ3n) is 6.03. The minimum Gasteiger partial charge on any atom is -0.308 e. The van der Waals surface area contributed by atoms with Crippen molar-refractivity contribution in [3.8, 4) is 0 Å². The van der Waals surface area contributed by atoms with Crippen LogP contribution < -0.4 is 5.32 Å². The number of halogens is 1. The second kappa shape index (κ2) is 5.33. The van der Waals surface area contributed by atoms with E-state index in [-0.39, 0.29) is 0 Å². The maximum atomic E-state index is 3.98. The van der Waals surface area contributed by atoms with Crippen LogP contribution in [0.25, 0.3) is 0 Å². The molecule has 0 bridgehead atoms. The molecule has 3 fully saturated rings. The quantitative estimate of drug-likeness (QED) is 0.850. The zero-order valence-electron chi connectivity index (χ0n) is 12.8. The molecule has 0 radical (unpaired) electrons. The molecule has 1 atom stereocenters. The van der Waals surface area contributed by atoms with Gasteiger partial charge in [0.25, 0.3) is 0 Å². The summed E-state index contributed by atoms with van der Waals surface area (Å²) in [5.74, 6) is 0.909. The maximum Gasteiger partial charge on any atom is 0.0701 e. The van der Waals surface area contributed by atoms with Crippen LogP contribution in [0.5, 0.6) is 0 Å². The minimum absolute atomic E-state index is 0.365. The first kappa shape index (κ1) is 14.7. The molecule has 3 aliphatic rings. The second-order valence-corrected chi connectivity index (χ2v) is 10.1. The number of nitrogens with zero attached hydrogens (tertiary/aromatic N) is 1. The Morgan fingerprint density at radius 3 is 2.71 bits per heavy atom. The predicted molar refractivity (Wildman–Crippen MR) is 92.8 cm³/mol. The van der Waals surface area contributed by atoms with Crippen molar-refractivity contribution >= 4 is 27.3 Å². The van der Waals surface area contributed by atoms with Crippen LogP contribution in [-0.2, 0) is 6.54 Å². The standard InChI is InChI=1S/C17H25BrN2S/c1-16(13-4-5-13)11-19-17(8-2-3-9-17)12-20(16)10-14-6-7-15(18)21-14/h6-7,13,19H,2-5,8-12H2,1H3. The lowest BCUT2D eigenvalue weighted by atomic mass is 9.83. The summed E-state index contributed by atoms with van der Waals surface area (Å²) in [6.45, 7) is 6.06. The lowest BCUT2D eigenvalue weighted by molar-refractivity contribution is -0.00310. The van der Waals surface area contributed by atoms with Crippen LogP contribution in [0.15, 0.2) is 15.9 Å². The molecule has 1 spiro atoms. The fourth-order valence-corrected chi connectivity index (χ4v) is 5.93. The van der Waals surface area contributed by atoms with E-state index >= 15 is 0 Å². The Morgan fingerprint density at radius 1 is 1.33 bits per heavy atom. The third kappa shape index (κ3) is 2.73. The molecule has 1 aliphatic heterocycles. The van der Waals surface area contributed by atoms with E-state index < -0.39 is 0 Å². The van der Waals surface area contributed by atoms with Gasteiger partial charge in [-0.3, -0.25) is 4.90 Å². The lowest BCUT2D eigenvalue weighted by Gasteiger charge is -2.53. The number of thiophene rings is 1.